The molecule has 1 fully saturated rings. The van der Waals surface area contributed by atoms with E-state index in [0.717, 1.165) is 19.5 Å². The molecule has 1 unspecified atom stereocenters. The normalized spacial score (nSPS) is 19.0. The summed E-state index contributed by atoms with van der Waals surface area (Å²) in [6.07, 6.45) is 2.66. The maximum absolute atomic E-state index is 12.5. The Hall–Kier alpha value is -1.89. The van der Waals surface area contributed by atoms with Crippen LogP contribution in [-0.4, -0.2) is 31.8 Å². The Morgan fingerprint density at radius 3 is 2.81 bits per heavy atom. The van der Waals surface area contributed by atoms with E-state index in [2.05, 4.69) is 10.3 Å². The van der Waals surface area contributed by atoms with Gasteiger partial charge in [0.2, 0.25) is 0 Å². The highest BCUT2D eigenvalue weighted by Crippen LogP contribution is 2.19. The van der Waals surface area contributed by atoms with Gasteiger partial charge in [0.1, 0.15) is 0 Å². The predicted octanol–water partition coefficient (Wildman–Crippen LogP) is 0.0871. The van der Waals surface area contributed by atoms with Crippen LogP contribution in [0.3, 0.4) is 0 Å². The maximum Gasteiger partial charge on any atom is 0.332 e. The number of rotatable bonds is 3. The summed E-state index contributed by atoms with van der Waals surface area (Å²) in [5.74, 6) is 0.307. The fourth-order valence-corrected chi connectivity index (χ4v) is 2.96. The van der Waals surface area contributed by atoms with E-state index >= 15 is 0 Å². The Kier molecular flexibility index (Phi) is 3.44. The highest BCUT2D eigenvalue weighted by atomic mass is 16.2. The van der Waals surface area contributed by atoms with Gasteiger partial charge in [0.05, 0.1) is 6.33 Å². The molecule has 0 spiro atoms. The largest absolute Gasteiger partial charge is 0.332 e. The Bertz CT molecular complexity index is 777. The van der Waals surface area contributed by atoms with Crippen molar-refractivity contribution in [2.75, 3.05) is 13.1 Å². The lowest BCUT2D eigenvalue weighted by molar-refractivity contribution is 0.498. The van der Waals surface area contributed by atoms with Crippen molar-refractivity contribution >= 4 is 11.2 Å². The van der Waals surface area contributed by atoms with Crippen LogP contribution in [0, 0.1) is 5.92 Å². The van der Waals surface area contributed by atoms with Crippen molar-refractivity contribution in [1.82, 2.24) is 24.0 Å². The van der Waals surface area contributed by atoms with Gasteiger partial charge in [-0.3, -0.25) is 13.9 Å². The van der Waals surface area contributed by atoms with Gasteiger partial charge in [-0.25, -0.2) is 9.78 Å². The standard InChI is InChI=1S/C14H21N5O2/c1-9(2)7-18-12-11(13(20)17(3)14(18)21)19(8-16-12)10-4-5-15-6-10/h8-10,15H,4-7H2,1-3H3. The SMILES string of the molecule is CC(C)Cn1c(=O)n(C)c(=O)c2c1ncn2C1CCNC1. The van der Waals surface area contributed by atoms with Crippen molar-refractivity contribution in [3.05, 3.63) is 27.2 Å². The Morgan fingerprint density at radius 1 is 1.43 bits per heavy atom. The first-order valence-corrected chi connectivity index (χ1v) is 7.37. The molecule has 1 aliphatic heterocycles. The minimum absolute atomic E-state index is 0.229. The van der Waals surface area contributed by atoms with Crippen LogP contribution in [0.2, 0.25) is 0 Å². The highest BCUT2D eigenvalue weighted by molar-refractivity contribution is 5.70. The molecule has 1 atom stereocenters. The monoisotopic (exact) mass is 291 g/mol. The van der Waals surface area contributed by atoms with E-state index in [4.69, 9.17) is 0 Å². The highest BCUT2D eigenvalue weighted by Gasteiger charge is 2.23. The molecule has 0 radical (unpaired) electrons. The van der Waals surface area contributed by atoms with E-state index in [-0.39, 0.29) is 17.3 Å². The van der Waals surface area contributed by atoms with Crippen molar-refractivity contribution in [1.29, 1.82) is 0 Å². The molecule has 0 bridgehead atoms. The third kappa shape index (κ3) is 2.21. The third-order valence-electron chi connectivity index (χ3n) is 4.03. The summed E-state index contributed by atoms with van der Waals surface area (Å²) >= 11 is 0. The molecule has 0 aliphatic carbocycles. The van der Waals surface area contributed by atoms with Crippen LogP contribution < -0.4 is 16.6 Å². The second-order valence-electron chi connectivity index (χ2n) is 6.12. The zero-order valence-electron chi connectivity index (χ0n) is 12.7. The summed E-state index contributed by atoms with van der Waals surface area (Å²) in [4.78, 5) is 29.2. The van der Waals surface area contributed by atoms with E-state index in [1.165, 1.54) is 11.6 Å². The van der Waals surface area contributed by atoms with E-state index in [1.807, 2.05) is 18.4 Å². The third-order valence-corrected chi connectivity index (χ3v) is 4.03. The van der Waals surface area contributed by atoms with Crippen LogP contribution in [0.1, 0.15) is 26.3 Å². The number of imidazole rings is 1. The second-order valence-corrected chi connectivity index (χ2v) is 6.12. The molecule has 2 aromatic rings. The summed E-state index contributed by atoms with van der Waals surface area (Å²) < 4.78 is 4.72. The molecule has 0 saturated carbocycles. The molecular formula is C14H21N5O2. The molecule has 7 nitrogen and oxygen atoms in total. The van der Waals surface area contributed by atoms with Gasteiger partial charge in [-0.15, -0.1) is 0 Å². The van der Waals surface area contributed by atoms with Gasteiger partial charge in [-0.2, -0.15) is 0 Å². The molecule has 3 heterocycles. The van der Waals surface area contributed by atoms with Gasteiger partial charge in [-0.1, -0.05) is 13.8 Å². The average Bonchev–Trinajstić information content (AvgIpc) is 3.08. The number of fused-ring (bicyclic) bond motifs is 1. The molecule has 1 aliphatic rings. The Labute approximate surface area is 122 Å². The first-order chi connectivity index (χ1) is 10.0. The van der Waals surface area contributed by atoms with Crippen molar-refractivity contribution in [2.24, 2.45) is 13.0 Å². The van der Waals surface area contributed by atoms with Gasteiger partial charge in [0, 0.05) is 26.2 Å². The minimum atomic E-state index is -0.295. The van der Waals surface area contributed by atoms with Crippen molar-refractivity contribution in [2.45, 2.75) is 32.9 Å². The van der Waals surface area contributed by atoms with Gasteiger partial charge in [-0.05, 0) is 18.9 Å². The zero-order valence-corrected chi connectivity index (χ0v) is 12.7. The fraction of sp³-hybridized carbons (Fsp3) is 0.643. The number of nitrogens with zero attached hydrogens (tertiary/aromatic N) is 4. The molecule has 0 aromatic carbocycles. The average molecular weight is 291 g/mol. The lowest BCUT2D eigenvalue weighted by atomic mass is 10.2. The van der Waals surface area contributed by atoms with Gasteiger partial charge in [0.15, 0.2) is 11.2 Å². The van der Waals surface area contributed by atoms with Crippen LogP contribution in [0.5, 0.6) is 0 Å². The van der Waals surface area contributed by atoms with Crippen molar-refractivity contribution in [3.8, 4) is 0 Å². The van der Waals surface area contributed by atoms with Gasteiger partial charge >= 0.3 is 5.69 Å². The first kappa shape index (κ1) is 14.1. The summed E-state index contributed by atoms with van der Waals surface area (Å²) in [6.45, 7) is 6.42. The van der Waals surface area contributed by atoms with Crippen LogP contribution in [0.15, 0.2) is 15.9 Å². The lowest BCUT2D eigenvalue weighted by Crippen LogP contribution is -2.39. The van der Waals surface area contributed by atoms with E-state index in [9.17, 15) is 9.59 Å². The van der Waals surface area contributed by atoms with Crippen molar-refractivity contribution < 1.29 is 0 Å². The van der Waals surface area contributed by atoms with E-state index in [1.54, 1.807) is 10.9 Å². The van der Waals surface area contributed by atoms with Crippen LogP contribution >= 0.6 is 0 Å². The van der Waals surface area contributed by atoms with E-state index in [0.29, 0.717) is 23.6 Å². The molecule has 3 rings (SSSR count). The molecular weight excluding hydrogens is 270 g/mol. The summed E-state index contributed by atoms with van der Waals surface area (Å²) in [7, 11) is 1.53. The molecule has 1 N–H and O–H groups in total. The Morgan fingerprint density at radius 2 is 2.19 bits per heavy atom. The summed E-state index contributed by atoms with van der Waals surface area (Å²) in [5.41, 5.74) is 0.477. The van der Waals surface area contributed by atoms with Crippen molar-refractivity contribution in [3.63, 3.8) is 0 Å². The lowest BCUT2D eigenvalue weighted by Gasteiger charge is -2.14. The van der Waals surface area contributed by atoms with Gasteiger partial charge < -0.3 is 9.88 Å². The fourth-order valence-electron chi connectivity index (χ4n) is 2.96. The Balaban J connectivity index is 2.29. The molecule has 7 heteroatoms. The van der Waals surface area contributed by atoms with Crippen LogP contribution in [0.25, 0.3) is 11.2 Å². The molecule has 2 aromatic heterocycles. The number of aromatic nitrogens is 4. The summed E-state index contributed by atoms with van der Waals surface area (Å²) in [5, 5.41) is 3.29. The van der Waals surface area contributed by atoms with Crippen LogP contribution in [-0.2, 0) is 13.6 Å². The number of nitrogens with one attached hydrogen (secondary N) is 1. The molecule has 114 valence electrons. The topological polar surface area (TPSA) is 73.8 Å². The number of hydrogen-bond donors (Lipinski definition) is 1. The van der Waals surface area contributed by atoms with Gasteiger partial charge in [0.25, 0.3) is 5.56 Å². The van der Waals surface area contributed by atoms with Crippen LogP contribution in [0.4, 0.5) is 0 Å². The smallest absolute Gasteiger partial charge is 0.320 e. The zero-order chi connectivity index (χ0) is 15.1. The molecule has 1 saturated heterocycles. The summed E-state index contributed by atoms with van der Waals surface area (Å²) in [6, 6.07) is 0.229. The maximum atomic E-state index is 12.5. The first-order valence-electron chi connectivity index (χ1n) is 7.37. The second kappa shape index (κ2) is 5.14. The number of hydrogen-bond acceptors (Lipinski definition) is 4. The molecule has 21 heavy (non-hydrogen) atoms. The minimum Gasteiger partial charge on any atom is -0.320 e. The molecule has 0 amide bonds. The quantitative estimate of drug-likeness (QED) is 0.869. The van der Waals surface area contributed by atoms with E-state index < -0.39 is 0 Å². The predicted molar refractivity (Wildman–Crippen MR) is 80.6 cm³/mol.